The number of benzene rings is 1. The highest BCUT2D eigenvalue weighted by Gasteiger charge is 2.24. The van der Waals surface area contributed by atoms with Gasteiger partial charge in [-0.15, -0.1) is 0 Å². The van der Waals surface area contributed by atoms with E-state index in [0.717, 1.165) is 42.7 Å². The van der Waals surface area contributed by atoms with Gasteiger partial charge in [0.1, 0.15) is 5.75 Å². The molecule has 116 valence electrons. The highest BCUT2D eigenvalue weighted by Crippen LogP contribution is 2.17. The summed E-state index contributed by atoms with van der Waals surface area (Å²) in [5.41, 5.74) is 0. The van der Waals surface area contributed by atoms with Crippen LogP contribution < -0.4 is 4.74 Å². The van der Waals surface area contributed by atoms with Crippen molar-refractivity contribution in [2.45, 2.75) is 25.8 Å². The molecule has 1 heterocycles. The molecule has 0 bridgehead atoms. The van der Waals surface area contributed by atoms with Crippen molar-refractivity contribution in [3.8, 4) is 5.75 Å². The van der Waals surface area contributed by atoms with E-state index in [1.165, 1.54) is 0 Å². The Bertz CT molecular complexity index is 456. The van der Waals surface area contributed by atoms with Crippen LogP contribution in [-0.2, 0) is 4.79 Å². The fraction of sp³-hybridized carbons (Fsp3) is 0.562. The van der Waals surface area contributed by atoms with Crippen molar-refractivity contribution in [1.82, 2.24) is 9.80 Å². The molecule has 4 nitrogen and oxygen atoms in total. The molecule has 1 aromatic rings. The van der Waals surface area contributed by atoms with Crippen LogP contribution in [0.25, 0.3) is 0 Å². The zero-order valence-corrected chi connectivity index (χ0v) is 14.3. The van der Waals surface area contributed by atoms with Gasteiger partial charge in [-0.2, -0.15) is 0 Å². The lowest BCUT2D eigenvalue weighted by atomic mass is 10.0. The lowest BCUT2D eigenvalue weighted by molar-refractivity contribution is -0.135. The van der Waals surface area contributed by atoms with Gasteiger partial charge in [0.25, 0.3) is 5.91 Å². The Morgan fingerprint density at radius 1 is 1.33 bits per heavy atom. The molecule has 0 radical (unpaired) electrons. The summed E-state index contributed by atoms with van der Waals surface area (Å²) in [4.78, 5) is 16.5. The average molecular weight is 355 g/mol. The van der Waals surface area contributed by atoms with Crippen LogP contribution in [0.5, 0.6) is 5.75 Å². The third-order valence-electron chi connectivity index (χ3n) is 4.12. The Balaban J connectivity index is 1.78. The molecule has 1 aliphatic rings. The summed E-state index contributed by atoms with van der Waals surface area (Å²) in [5, 5.41) is 0. The van der Waals surface area contributed by atoms with E-state index < -0.39 is 0 Å². The molecule has 0 unspecified atom stereocenters. The molecule has 0 saturated carbocycles. The maximum atomic E-state index is 12.2. The van der Waals surface area contributed by atoms with Crippen LogP contribution in [0.15, 0.2) is 28.7 Å². The van der Waals surface area contributed by atoms with Crippen LogP contribution in [0.4, 0.5) is 0 Å². The first-order chi connectivity index (χ1) is 10.1. The summed E-state index contributed by atoms with van der Waals surface area (Å²) in [7, 11) is 1.89. The summed E-state index contributed by atoms with van der Waals surface area (Å²) in [5.74, 6) is 0.772. The average Bonchev–Trinajstić information content (AvgIpc) is 2.53. The molecule has 1 fully saturated rings. The van der Waals surface area contributed by atoms with Crippen LogP contribution in [0, 0.1) is 0 Å². The van der Waals surface area contributed by atoms with Crippen molar-refractivity contribution in [1.29, 1.82) is 0 Å². The topological polar surface area (TPSA) is 32.8 Å². The van der Waals surface area contributed by atoms with Gasteiger partial charge >= 0.3 is 0 Å². The van der Waals surface area contributed by atoms with Gasteiger partial charge in [-0.1, -0.05) is 22.9 Å². The van der Waals surface area contributed by atoms with E-state index in [-0.39, 0.29) is 12.5 Å². The van der Waals surface area contributed by atoms with E-state index in [0.29, 0.717) is 6.04 Å². The summed E-state index contributed by atoms with van der Waals surface area (Å²) < 4.78 is 6.56. The number of ether oxygens (including phenoxy) is 1. The summed E-state index contributed by atoms with van der Waals surface area (Å²) >= 11 is 3.38. The number of amides is 1. The molecule has 0 aromatic heterocycles. The van der Waals surface area contributed by atoms with Gasteiger partial charge in [0.2, 0.25) is 0 Å². The number of rotatable bonds is 5. The Labute approximate surface area is 135 Å². The van der Waals surface area contributed by atoms with E-state index in [1.54, 1.807) is 0 Å². The Morgan fingerprint density at radius 2 is 1.95 bits per heavy atom. The van der Waals surface area contributed by atoms with Gasteiger partial charge in [0.05, 0.1) is 0 Å². The number of nitrogens with zero attached hydrogens (tertiary/aromatic N) is 2. The molecule has 1 aliphatic heterocycles. The first-order valence-corrected chi connectivity index (χ1v) is 8.26. The highest BCUT2D eigenvalue weighted by atomic mass is 79.9. The maximum absolute atomic E-state index is 12.2. The molecule has 1 saturated heterocycles. The van der Waals surface area contributed by atoms with E-state index in [1.807, 2.05) is 36.2 Å². The van der Waals surface area contributed by atoms with Gasteiger partial charge in [-0.05, 0) is 43.7 Å². The smallest absolute Gasteiger partial charge is 0.260 e. The molecule has 0 spiro atoms. The van der Waals surface area contributed by atoms with Crippen molar-refractivity contribution in [3.63, 3.8) is 0 Å². The minimum atomic E-state index is 0.0490. The van der Waals surface area contributed by atoms with Gasteiger partial charge in [-0.25, -0.2) is 0 Å². The molecule has 1 aromatic carbocycles. The van der Waals surface area contributed by atoms with Crippen molar-refractivity contribution in [3.05, 3.63) is 28.7 Å². The molecule has 1 amide bonds. The van der Waals surface area contributed by atoms with E-state index in [2.05, 4.69) is 27.8 Å². The van der Waals surface area contributed by atoms with Crippen LogP contribution in [0.3, 0.4) is 0 Å². The molecular weight excluding hydrogens is 332 g/mol. The van der Waals surface area contributed by atoms with Crippen LogP contribution in [0.2, 0.25) is 0 Å². The van der Waals surface area contributed by atoms with Crippen LogP contribution in [0.1, 0.15) is 19.8 Å². The lowest BCUT2D eigenvalue weighted by Gasteiger charge is -2.36. The second-order valence-corrected chi connectivity index (χ2v) is 6.33. The number of hydrogen-bond acceptors (Lipinski definition) is 3. The maximum Gasteiger partial charge on any atom is 0.260 e. The van der Waals surface area contributed by atoms with E-state index >= 15 is 0 Å². The molecule has 2 rings (SSSR count). The molecular formula is C16H23BrN2O2. The van der Waals surface area contributed by atoms with Gasteiger partial charge in [-0.3, -0.25) is 4.79 Å². The number of hydrogen-bond donors (Lipinski definition) is 0. The first-order valence-electron chi connectivity index (χ1n) is 7.46. The molecule has 0 N–H and O–H groups in total. The summed E-state index contributed by atoms with van der Waals surface area (Å²) in [6, 6.07) is 7.87. The van der Waals surface area contributed by atoms with E-state index in [4.69, 9.17) is 4.74 Å². The lowest BCUT2D eigenvalue weighted by Crippen LogP contribution is -2.46. The second kappa shape index (κ2) is 7.80. The third-order valence-corrected chi connectivity index (χ3v) is 4.65. The van der Waals surface area contributed by atoms with Crippen LogP contribution >= 0.6 is 15.9 Å². The number of likely N-dealkylation sites (tertiary alicyclic amines) is 1. The fourth-order valence-electron chi connectivity index (χ4n) is 2.60. The largest absolute Gasteiger partial charge is 0.484 e. The predicted octanol–water partition coefficient (Wildman–Crippen LogP) is 2.77. The van der Waals surface area contributed by atoms with Crippen molar-refractivity contribution >= 4 is 21.8 Å². The molecule has 0 aliphatic carbocycles. The Morgan fingerprint density at radius 3 is 2.52 bits per heavy atom. The number of likely N-dealkylation sites (N-methyl/N-ethyl adjacent to an activating group) is 1. The van der Waals surface area contributed by atoms with Gasteiger partial charge < -0.3 is 14.5 Å². The van der Waals surface area contributed by atoms with Crippen LogP contribution in [-0.4, -0.2) is 55.0 Å². The molecule has 0 atom stereocenters. The van der Waals surface area contributed by atoms with Gasteiger partial charge in [0.15, 0.2) is 6.61 Å². The summed E-state index contributed by atoms with van der Waals surface area (Å²) in [6.45, 7) is 5.53. The monoisotopic (exact) mass is 354 g/mol. The second-order valence-electron chi connectivity index (χ2n) is 5.41. The third kappa shape index (κ3) is 4.71. The predicted molar refractivity (Wildman–Crippen MR) is 87.5 cm³/mol. The van der Waals surface area contributed by atoms with Crippen molar-refractivity contribution in [2.75, 3.05) is 33.3 Å². The SMILES string of the molecule is CCN1CCC(N(C)C(=O)COc2ccc(Br)cc2)CC1. The first kappa shape index (κ1) is 16.3. The Kier molecular flexibility index (Phi) is 6.06. The normalized spacial score (nSPS) is 16.7. The number of piperidine rings is 1. The van der Waals surface area contributed by atoms with Crippen molar-refractivity contribution < 1.29 is 9.53 Å². The number of carbonyl (C=O) groups excluding carboxylic acids is 1. The van der Waals surface area contributed by atoms with E-state index in [9.17, 15) is 4.79 Å². The van der Waals surface area contributed by atoms with Gasteiger partial charge in [0, 0.05) is 30.7 Å². The minimum Gasteiger partial charge on any atom is -0.484 e. The van der Waals surface area contributed by atoms with Crippen molar-refractivity contribution in [2.24, 2.45) is 0 Å². The highest BCUT2D eigenvalue weighted by molar-refractivity contribution is 9.10. The Hall–Kier alpha value is -1.07. The zero-order valence-electron chi connectivity index (χ0n) is 12.7. The quantitative estimate of drug-likeness (QED) is 0.814. The summed E-state index contributed by atoms with van der Waals surface area (Å²) in [6.07, 6.45) is 2.10. The number of halogens is 1. The standard InChI is InChI=1S/C16H23BrN2O2/c1-3-19-10-8-14(9-11-19)18(2)16(20)12-21-15-6-4-13(17)5-7-15/h4-7,14H,3,8-12H2,1-2H3. The fourth-order valence-corrected chi connectivity index (χ4v) is 2.87. The molecule has 5 heteroatoms. The molecule has 21 heavy (non-hydrogen) atoms. The number of carbonyl (C=O) groups is 1. The minimum absolute atomic E-state index is 0.0490. The zero-order chi connectivity index (χ0) is 15.2.